The van der Waals surface area contributed by atoms with E-state index in [9.17, 15) is 13.6 Å². The molecule has 10 heteroatoms. The number of aryl methyl sites for hydroxylation is 1. The van der Waals surface area contributed by atoms with Gasteiger partial charge < -0.3 is 15.4 Å². The zero-order chi connectivity index (χ0) is 24.1. The first-order valence-corrected chi connectivity index (χ1v) is 10.7. The van der Waals surface area contributed by atoms with E-state index in [1.165, 1.54) is 19.2 Å². The van der Waals surface area contributed by atoms with Gasteiger partial charge in [-0.25, -0.2) is 14.4 Å². The van der Waals surface area contributed by atoms with Crippen LogP contribution >= 0.6 is 0 Å². The molecule has 0 aliphatic carbocycles. The average molecular weight is 466 g/mol. The molecule has 1 aromatic carbocycles. The summed E-state index contributed by atoms with van der Waals surface area (Å²) in [4.78, 5) is 21.9. The minimum atomic E-state index is -0.658. The molecule has 2 N–H and O–H groups in total. The summed E-state index contributed by atoms with van der Waals surface area (Å²) >= 11 is 0. The normalized spacial score (nSPS) is 11.9. The Bertz CT molecular complexity index is 1310. The Labute approximate surface area is 195 Å². The molecule has 3 heterocycles. The first kappa shape index (κ1) is 23.1. The molecule has 34 heavy (non-hydrogen) atoms. The molecule has 0 unspecified atom stereocenters. The molecule has 4 aromatic rings. The predicted molar refractivity (Wildman–Crippen MR) is 124 cm³/mol. The van der Waals surface area contributed by atoms with Gasteiger partial charge in [0.25, 0.3) is 5.91 Å². The molecule has 0 fully saturated rings. The van der Waals surface area contributed by atoms with Gasteiger partial charge in [-0.1, -0.05) is 6.07 Å². The van der Waals surface area contributed by atoms with E-state index in [-0.39, 0.29) is 11.4 Å². The summed E-state index contributed by atoms with van der Waals surface area (Å²) in [5.74, 6) is -0.309. The van der Waals surface area contributed by atoms with Crippen LogP contribution in [0.5, 0.6) is 5.75 Å². The summed E-state index contributed by atoms with van der Waals surface area (Å²) < 4.78 is 33.4. The van der Waals surface area contributed by atoms with E-state index in [0.717, 1.165) is 5.39 Å². The van der Waals surface area contributed by atoms with Crippen molar-refractivity contribution in [2.24, 2.45) is 7.05 Å². The zero-order valence-electron chi connectivity index (χ0n) is 18.8. The number of pyridine rings is 2. The average Bonchev–Trinajstić information content (AvgIpc) is 3.28. The number of alkyl halides is 1. The van der Waals surface area contributed by atoms with Gasteiger partial charge in [0.05, 0.1) is 31.5 Å². The first-order valence-electron chi connectivity index (χ1n) is 10.7. The number of ether oxygens (including phenoxy) is 1. The SMILES string of the molecule is COc1ccc([C@H](NC(=O)c2ccc3cnc(NCCCF)cc3n2)c2cnn(C)c2)cc1F. The highest BCUT2D eigenvalue weighted by molar-refractivity contribution is 5.95. The van der Waals surface area contributed by atoms with Crippen LogP contribution in [0.15, 0.2) is 55.0 Å². The topological polar surface area (TPSA) is 94.0 Å². The Morgan fingerprint density at radius 2 is 2.03 bits per heavy atom. The predicted octanol–water partition coefficient (Wildman–Crippen LogP) is 3.80. The van der Waals surface area contributed by atoms with E-state index in [2.05, 4.69) is 25.7 Å². The van der Waals surface area contributed by atoms with Crippen LogP contribution in [0.2, 0.25) is 0 Å². The maximum absolute atomic E-state index is 14.4. The Morgan fingerprint density at radius 3 is 2.74 bits per heavy atom. The number of carbonyl (C=O) groups is 1. The molecule has 0 aliphatic rings. The van der Waals surface area contributed by atoms with E-state index in [4.69, 9.17) is 4.74 Å². The smallest absolute Gasteiger partial charge is 0.270 e. The number of fused-ring (bicyclic) bond motifs is 1. The summed E-state index contributed by atoms with van der Waals surface area (Å²) in [5.41, 5.74) is 1.98. The van der Waals surface area contributed by atoms with Gasteiger partial charge in [-0.15, -0.1) is 0 Å². The van der Waals surface area contributed by atoms with Crippen molar-refractivity contribution in [1.82, 2.24) is 25.1 Å². The minimum Gasteiger partial charge on any atom is -0.494 e. The number of benzene rings is 1. The fraction of sp³-hybridized carbons (Fsp3) is 0.250. The molecular weight excluding hydrogens is 442 g/mol. The lowest BCUT2D eigenvalue weighted by Crippen LogP contribution is -2.30. The van der Waals surface area contributed by atoms with Gasteiger partial charge in [-0.2, -0.15) is 5.10 Å². The highest BCUT2D eigenvalue weighted by Gasteiger charge is 2.22. The third kappa shape index (κ3) is 5.11. The van der Waals surface area contributed by atoms with Gasteiger partial charge in [0.1, 0.15) is 11.5 Å². The number of amides is 1. The quantitative estimate of drug-likeness (QED) is 0.365. The summed E-state index contributed by atoms with van der Waals surface area (Å²) in [6.07, 6.45) is 5.38. The fourth-order valence-corrected chi connectivity index (χ4v) is 3.54. The van der Waals surface area contributed by atoms with Crippen LogP contribution in [-0.4, -0.2) is 46.0 Å². The number of anilines is 1. The summed E-state index contributed by atoms with van der Waals surface area (Å²) in [7, 11) is 3.15. The molecule has 0 bridgehead atoms. The van der Waals surface area contributed by atoms with Crippen LogP contribution in [0.1, 0.15) is 34.1 Å². The van der Waals surface area contributed by atoms with Crippen LogP contribution in [0, 0.1) is 5.82 Å². The highest BCUT2D eigenvalue weighted by atomic mass is 19.1. The second kappa shape index (κ2) is 10.2. The molecule has 0 spiro atoms. The lowest BCUT2D eigenvalue weighted by atomic mass is 10.0. The molecule has 0 saturated heterocycles. The standard InChI is InChI=1S/C24H24F2N6O2/c1-32-14-17(13-29-32)23(15-5-7-21(34-2)18(26)10-15)31-24(33)19-6-4-16-12-28-22(11-20(16)30-19)27-9-3-8-25/h4-7,10-14,23H,3,8-9H2,1-2H3,(H,27,28)(H,31,33)/t23-/m0/s1. The molecule has 3 aromatic heterocycles. The Balaban J connectivity index is 1.62. The van der Waals surface area contributed by atoms with Crippen LogP contribution in [0.3, 0.4) is 0 Å². The molecule has 0 aliphatic heterocycles. The summed E-state index contributed by atoms with van der Waals surface area (Å²) in [6.45, 7) is 0.0275. The van der Waals surface area contributed by atoms with Gasteiger partial charge in [-0.05, 0) is 36.2 Å². The van der Waals surface area contributed by atoms with Crippen molar-refractivity contribution in [3.05, 3.63) is 77.6 Å². The van der Waals surface area contributed by atoms with E-state index in [1.807, 2.05) is 0 Å². The molecular formula is C24H24F2N6O2. The number of aromatic nitrogens is 4. The number of hydrogen-bond donors (Lipinski definition) is 2. The van der Waals surface area contributed by atoms with Gasteiger partial charge in [-0.3, -0.25) is 13.9 Å². The number of hydrogen-bond acceptors (Lipinski definition) is 6. The third-order valence-electron chi connectivity index (χ3n) is 5.27. The minimum absolute atomic E-state index is 0.112. The number of halogens is 2. The van der Waals surface area contributed by atoms with Crippen molar-refractivity contribution in [3.63, 3.8) is 0 Å². The van der Waals surface area contributed by atoms with Crippen molar-refractivity contribution >= 4 is 22.6 Å². The molecule has 176 valence electrons. The number of methoxy groups -OCH3 is 1. The molecule has 4 rings (SSSR count). The maximum atomic E-state index is 14.4. The second-order valence-electron chi connectivity index (χ2n) is 7.68. The maximum Gasteiger partial charge on any atom is 0.270 e. The summed E-state index contributed by atoms with van der Waals surface area (Å²) in [5, 5.41) is 10.9. The summed E-state index contributed by atoms with van der Waals surface area (Å²) in [6, 6.07) is 8.93. The fourth-order valence-electron chi connectivity index (χ4n) is 3.54. The van der Waals surface area contributed by atoms with E-state index in [1.54, 1.807) is 54.6 Å². The Kier molecular flexibility index (Phi) is 6.95. The number of carbonyl (C=O) groups excluding carboxylic acids is 1. The number of nitrogens with zero attached hydrogens (tertiary/aromatic N) is 4. The van der Waals surface area contributed by atoms with Crippen LogP contribution < -0.4 is 15.4 Å². The van der Waals surface area contributed by atoms with Gasteiger partial charge in [0.15, 0.2) is 11.6 Å². The molecule has 0 radical (unpaired) electrons. The van der Waals surface area contributed by atoms with Crippen molar-refractivity contribution < 1.29 is 18.3 Å². The largest absolute Gasteiger partial charge is 0.494 e. The van der Waals surface area contributed by atoms with Gasteiger partial charge in [0, 0.05) is 43.0 Å². The van der Waals surface area contributed by atoms with E-state index >= 15 is 0 Å². The van der Waals surface area contributed by atoms with Crippen LogP contribution in [0.4, 0.5) is 14.6 Å². The van der Waals surface area contributed by atoms with Crippen molar-refractivity contribution in [3.8, 4) is 5.75 Å². The van der Waals surface area contributed by atoms with Crippen LogP contribution in [0.25, 0.3) is 10.9 Å². The third-order valence-corrected chi connectivity index (χ3v) is 5.27. The van der Waals surface area contributed by atoms with Gasteiger partial charge in [0.2, 0.25) is 0 Å². The Morgan fingerprint density at radius 1 is 1.18 bits per heavy atom. The highest BCUT2D eigenvalue weighted by Crippen LogP contribution is 2.27. The lowest BCUT2D eigenvalue weighted by Gasteiger charge is -2.19. The van der Waals surface area contributed by atoms with E-state index < -0.39 is 24.4 Å². The number of nitrogens with one attached hydrogen (secondary N) is 2. The lowest BCUT2D eigenvalue weighted by molar-refractivity contribution is 0.0938. The molecule has 8 nitrogen and oxygen atoms in total. The van der Waals surface area contributed by atoms with Crippen molar-refractivity contribution in [1.29, 1.82) is 0 Å². The zero-order valence-corrected chi connectivity index (χ0v) is 18.8. The van der Waals surface area contributed by atoms with Gasteiger partial charge >= 0.3 is 0 Å². The van der Waals surface area contributed by atoms with Crippen molar-refractivity contribution in [2.75, 3.05) is 25.6 Å². The second-order valence-corrected chi connectivity index (χ2v) is 7.68. The van der Waals surface area contributed by atoms with E-state index in [0.29, 0.717) is 35.4 Å². The van der Waals surface area contributed by atoms with Crippen LogP contribution in [-0.2, 0) is 7.05 Å². The number of rotatable bonds is 9. The van der Waals surface area contributed by atoms with Crippen molar-refractivity contribution in [2.45, 2.75) is 12.5 Å². The molecule has 0 saturated carbocycles. The monoisotopic (exact) mass is 466 g/mol. The molecule has 1 atom stereocenters. The Hall–Kier alpha value is -4.08. The molecule has 1 amide bonds. The first-order chi connectivity index (χ1) is 16.5.